The van der Waals surface area contributed by atoms with Crippen LogP contribution in [-0.4, -0.2) is 61.4 Å². The molecule has 0 aromatic carbocycles. The first-order valence-electron chi connectivity index (χ1n) is 6.11. The van der Waals surface area contributed by atoms with E-state index >= 15 is 0 Å². The van der Waals surface area contributed by atoms with Crippen molar-refractivity contribution in [3.63, 3.8) is 0 Å². The van der Waals surface area contributed by atoms with Crippen molar-refractivity contribution in [3.05, 3.63) is 14.7 Å². The van der Waals surface area contributed by atoms with Gasteiger partial charge in [-0.25, -0.2) is 13.2 Å². The van der Waals surface area contributed by atoms with Gasteiger partial charge >= 0.3 is 5.97 Å². The third kappa shape index (κ3) is 3.06. The Morgan fingerprint density at radius 2 is 2.00 bits per heavy atom. The van der Waals surface area contributed by atoms with E-state index in [9.17, 15) is 13.2 Å². The van der Waals surface area contributed by atoms with E-state index in [-0.39, 0.29) is 9.77 Å². The Balaban J connectivity index is 2.25. The summed E-state index contributed by atoms with van der Waals surface area (Å²) in [6.07, 6.45) is 0. The van der Waals surface area contributed by atoms with Crippen molar-refractivity contribution in [2.75, 3.05) is 32.7 Å². The number of carboxylic acids is 1. The van der Waals surface area contributed by atoms with Crippen molar-refractivity contribution in [2.45, 2.75) is 11.8 Å². The summed E-state index contributed by atoms with van der Waals surface area (Å²) in [5, 5.41) is 8.94. The fourth-order valence-electron chi connectivity index (χ4n) is 2.06. The minimum Gasteiger partial charge on any atom is -0.477 e. The summed E-state index contributed by atoms with van der Waals surface area (Å²) in [7, 11) is -3.63. The van der Waals surface area contributed by atoms with Crippen molar-refractivity contribution >= 4 is 43.3 Å². The molecule has 1 fully saturated rings. The molecule has 0 bridgehead atoms. The molecule has 1 aliphatic heterocycles. The molecule has 0 amide bonds. The van der Waals surface area contributed by atoms with Crippen LogP contribution in [0.5, 0.6) is 0 Å². The van der Waals surface area contributed by atoms with Crippen LogP contribution in [0, 0.1) is 0 Å². The lowest BCUT2D eigenvalue weighted by atomic mass is 10.4. The number of aromatic carboxylic acids is 1. The number of rotatable bonds is 4. The van der Waals surface area contributed by atoms with Crippen molar-refractivity contribution in [1.29, 1.82) is 0 Å². The van der Waals surface area contributed by atoms with E-state index in [0.29, 0.717) is 30.0 Å². The van der Waals surface area contributed by atoms with E-state index < -0.39 is 16.0 Å². The number of hydrogen-bond donors (Lipinski definition) is 1. The lowest BCUT2D eigenvalue weighted by Gasteiger charge is -2.33. The number of thiophene rings is 1. The van der Waals surface area contributed by atoms with Crippen molar-refractivity contribution < 1.29 is 18.3 Å². The second-order valence-corrected chi connectivity index (χ2v) is 8.67. The van der Waals surface area contributed by atoms with Crippen LogP contribution in [-0.2, 0) is 10.0 Å². The molecule has 1 N–H and O–H groups in total. The zero-order valence-electron chi connectivity index (χ0n) is 10.9. The summed E-state index contributed by atoms with van der Waals surface area (Å²) in [4.78, 5) is 13.2. The predicted molar refractivity (Wildman–Crippen MR) is 79.9 cm³/mol. The van der Waals surface area contributed by atoms with E-state index in [1.807, 2.05) is 6.92 Å². The molecule has 1 aromatic heterocycles. The molecular weight excluding hydrogens is 368 g/mol. The van der Waals surface area contributed by atoms with Gasteiger partial charge in [-0.3, -0.25) is 0 Å². The number of piperazine rings is 1. The molecule has 1 saturated heterocycles. The van der Waals surface area contributed by atoms with Gasteiger partial charge in [0, 0.05) is 26.2 Å². The van der Waals surface area contributed by atoms with E-state index in [1.165, 1.54) is 10.4 Å². The average Bonchev–Trinajstić information content (AvgIpc) is 2.82. The Morgan fingerprint density at radius 3 is 2.45 bits per heavy atom. The minimum atomic E-state index is -3.63. The molecule has 2 heterocycles. The van der Waals surface area contributed by atoms with E-state index in [1.54, 1.807) is 0 Å². The van der Waals surface area contributed by atoms with Crippen LogP contribution in [0.4, 0.5) is 0 Å². The fraction of sp³-hybridized carbons (Fsp3) is 0.545. The highest BCUT2D eigenvalue weighted by atomic mass is 79.9. The van der Waals surface area contributed by atoms with Gasteiger partial charge in [-0.2, -0.15) is 4.31 Å². The Hall–Kier alpha value is -0.480. The summed E-state index contributed by atoms with van der Waals surface area (Å²) in [6.45, 7) is 5.20. The largest absolute Gasteiger partial charge is 0.477 e. The topological polar surface area (TPSA) is 77.9 Å². The molecule has 0 atom stereocenters. The number of hydrogen-bond acceptors (Lipinski definition) is 5. The first-order chi connectivity index (χ1) is 9.36. The number of sulfonamides is 1. The number of carbonyl (C=O) groups is 1. The molecule has 0 radical (unpaired) electrons. The standard InChI is InChI=1S/C11H15BrN2O4S2/c1-2-13-3-5-14(6-4-13)20(17,18)9-7-8(11(15)16)19-10(9)12/h7H,2-6H2,1H3,(H,15,16). The van der Waals surface area contributed by atoms with Gasteiger partial charge in [0.15, 0.2) is 0 Å². The summed E-state index contributed by atoms with van der Waals surface area (Å²) in [6, 6.07) is 1.22. The fourth-order valence-corrected chi connectivity index (χ4v) is 5.83. The summed E-state index contributed by atoms with van der Waals surface area (Å²) in [5.74, 6) is -1.12. The maximum Gasteiger partial charge on any atom is 0.345 e. The van der Waals surface area contributed by atoms with Crippen LogP contribution in [0.3, 0.4) is 0 Å². The molecular formula is C11H15BrN2O4S2. The van der Waals surface area contributed by atoms with Crippen LogP contribution >= 0.6 is 27.3 Å². The monoisotopic (exact) mass is 382 g/mol. The zero-order valence-corrected chi connectivity index (χ0v) is 14.1. The molecule has 0 spiro atoms. The average molecular weight is 383 g/mol. The maximum atomic E-state index is 12.5. The Labute approximate surface area is 130 Å². The quantitative estimate of drug-likeness (QED) is 0.854. The SMILES string of the molecule is CCN1CCN(S(=O)(=O)c2cc(C(=O)O)sc2Br)CC1. The summed E-state index contributed by atoms with van der Waals surface area (Å²) < 4.78 is 26.8. The molecule has 112 valence electrons. The highest BCUT2D eigenvalue weighted by Gasteiger charge is 2.31. The Bertz CT molecular complexity index is 606. The first-order valence-corrected chi connectivity index (χ1v) is 9.16. The van der Waals surface area contributed by atoms with Crippen LogP contribution in [0.15, 0.2) is 14.7 Å². The summed E-state index contributed by atoms with van der Waals surface area (Å²) in [5.41, 5.74) is 0. The van der Waals surface area contributed by atoms with E-state index in [0.717, 1.165) is 17.9 Å². The molecule has 1 aliphatic rings. The van der Waals surface area contributed by atoms with Crippen molar-refractivity contribution in [1.82, 2.24) is 9.21 Å². The molecule has 2 rings (SSSR count). The molecule has 0 aliphatic carbocycles. The molecule has 20 heavy (non-hydrogen) atoms. The summed E-state index contributed by atoms with van der Waals surface area (Å²) >= 11 is 4.07. The Morgan fingerprint density at radius 1 is 1.40 bits per heavy atom. The van der Waals surface area contributed by atoms with Gasteiger partial charge in [0.05, 0.1) is 3.79 Å². The molecule has 0 unspecified atom stereocenters. The molecule has 1 aromatic rings. The smallest absolute Gasteiger partial charge is 0.345 e. The van der Waals surface area contributed by atoms with Gasteiger partial charge in [-0.1, -0.05) is 6.92 Å². The second kappa shape index (κ2) is 6.10. The molecule has 0 saturated carbocycles. The predicted octanol–water partition coefficient (Wildman–Crippen LogP) is 1.53. The minimum absolute atomic E-state index is 0.0163. The number of halogens is 1. The van der Waals surface area contributed by atoms with E-state index in [2.05, 4.69) is 20.8 Å². The lowest BCUT2D eigenvalue weighted by molar-refractivity contribution is 0.0702. The lowest BCUT2D eigenvalue weighted by Crippen LogP contribution is -2.48. The number of nitrogens with zero attached hydrogens (tertiary/aromatic N) is 2. The van der Waals surface area contributed by atoms with Gasteiger partial charge < -0.3 is 10.0 Å². The van der Waals surface area contributed by atoms with Gasteiger partial charge in [0.1, 0.15) is 9.77 Å². The van der Waals surface area contributed by atoms with Gasteiger partial charge in [-0.05, 0) is 28.5 Å². The highest BCUT2D eigenvalue weighted by Crippen LogP contribution is 2.33. The first kappa shape index (κ1) is 15.9. The Kier molecular flexibility index (Phi) is 4.85. The molecule has 9 heteroatoms. The highest BCUT2D eigenvalue weighted by molar-refractivity contribution is 9.11. The normalized spacial score (nSPS) is 18.3. The van der Waals surface area contributed by atoms with Crippen molar-refractivity contribution in [3.8, 4) is 0 Å². The van der Waals surface area contributed by atoms with Crippen LogP contribution in [0.2, 0.25) is 0 Å². The number of carboxylic acid groups (broad SMARTS) is 1. The van der Waals surface area contributed by atoms with Crippen LogP contribution < -0.4 is 0 Å². The van der Waals surface area contributed by atoms with Crippen molar-refractivity contribution in [2.24, 2.45) is 0 Å². The third-order valence-electron chi connectivity index (χ3n) is 3.26. The van der Waals surface area contributed by atoms with E-state index in [4.69, 9.17) is 5.11 Å². The van der Waals surface area contributed by atoms with Gasteiger partial charge in [0.2, 0.25) is 10.0 Å². The van der Waals surface area contributed by atoms with Gasteiger partial charge in [-0.15, -0.1) is 11.3 Å². The van der Waals surface area contributed by atoms with Crippen LogP contribution in [0.25, 0.3) is 0 Å². The molecule has 6 nitrogen and oxygen atoms in total. The van der Waals surface area contributed by atoms with Gasteiger partial charge in [0.25, 0.3) is 0 Å². The third-order valence-corrected chi connectivity index (χ3v) is 7.40. The maximum absolute atomic E-state index is 12.5. The second-order valence-electron chi connectivity index (χ2n) is 4.39. The van der Waals surface area contributed by atoms with Crippen LogP contribution in [0.1, 0.15) is 16.6 Å². The zero-order chi connectivity index (χ0) is 14.9. The number of likely N-dealkylation sites (N-methyl/N-ethyl adjacent to an activating group) is 1.